The monoisotopic (exact) mass is 260 g/mol. The van der Waals surface area contributed by atoms with Gasteiger partial charge in [-0.05, 0) is 74.9 Å². The molecule has 1 unspecified atom stereocenters. The van der Waals surface area contributed by atoms with E-state index in [1.165, 1.54) is 48.2 Å². The average Bonchev–Trinajstić information content (AvgIpc) is 2.38. The minimum atomic E-state index is 0.395. The summed E-state index contributed by atoms with van der Waals surface area (Å²) in [5.41, 5.74) is 11.7. The molecule has 2 nitrogen and oxygen atoms in total. The Kier molecular flexibility index (Phi) is 4.64. The van der Waals surface area contributed by atoms with Gasteiger partial charge in [-0.3, -0.25) is 4.90 Å². The number of nitrogens with zero attached hydrogens (tertiary/aromatic N) is 1. The van der Waals surface area contributed by atoms with E-state index in [9.17, 15) is 0 Å². The second kappa shape index (κ2) is 6.06. The molecule has 0 amide bonds. The van der Waals surface area contributed by atoms with Crippen LogP contribution in [0.3, 0.4) is 0 Å². The molecule has 0 saturated carbocycles. The van der Waals surface area contributed by atoms with Crippen LogP contribution < -0.4 is 5.73 Å². The van der Waals surface area contributed by atoms with E-state index in [2.05, 4.69) is 44.7 Å². The summed E-state index contributed by atoms with van der Waals surface area (Å²) in [5, 5.41) is 0. The third-order valence-electron chi connectivity index (χ3n) is 4.72. The molecule has 0 aliphatic carbocycles. The van der Waals surface area contributed by atoms with Gasteiger partial charge in [0.15, 0.2) is 0 Å². The van der Waals surface area contributed by atoms with Gasteiger partial charge in [0.2, 0.25) is 0 Å². The molecule has 1 fully saturated rings. The van der Waals surface area contributed by atoms with Crippen molar-refractivity contribution >= 4 is 0 Å². The van der Waals surface area contributed by atoms with Gasteiger partial charge >= 0.3 is 0 Å². The zero-order chi connectivity index (χ0) is 14.0. The summed E-state index contributed by atoms with van der Waals surface area (Å²) in [5.74, 6) is 0.871. The Morgan fingerprint density at radius 1 is 1.11 bits per heavy atom. The molecular formula is C17H28N2. The van der Waals surface area contributed by atoms with Gasteiger partial charge in [0.1, 0.15) is 0 Å². The fourth-order valence-corrected chi connectivity index (χ4v) is 3.15. The van der Waals surface area contributed by atoms with Crippen LogP contribution in [0.15, 0.2) is 12.1 Å². The van der Waals surface area contributed by atoms with E-state index in [1.807, 2.05) is 0 Å². The lowest BCUT2D eigenvalue weighted by atomic mass is 9.92. The lowest BCUT2D eigenvalue weighted by Crippen LogP contribution is -2.39. The molecule has 106 valence electrons. The van der Waals surface area contributed by atoms with E-state index in [1.54, 1.807) is 0 Å². The smallest absolute Gasteiger partial charge is 0.0473 e. The summed E-state index contributed by atoms with van der Waals surface area (Å²) in [7, 11) is 0. The molecule has 0 radical (unpaired) electrons. The van der Waals surface area contributed by atoms with Gasteiger partial charge in [-0.1, -0.05) is 19.1 Å². The van der Waals surface area contributed by atoms with E-state index in [0.717, 1.165) is 12.5 Å². The lowest BCUT2D eigenvalue weighted by molar-refractivity contribution is 0.141. The molecule has 0 aromatic heterocycles. The number of aryl methyl sites for hydroxylation is 3. The third kappa shape index (κ3) is 3.18. The quantitative estimate of drug-likeness (QED) is 0.903. The molecular weight excluding hydrogens is 232 g/mol. The van der Waals surface area contributed by atoms with Gasteiger partial charge in [-0.15, -0.1) is 0 Å². The normalized spacial score (nSPS) is 19.6. The SMILES string of the molecule is Cc1cc(C)c(C(CN)N2CCC(C)CC2)cc1C. The molecule has 0 spiro atoms. The summed E-state index contributed by atoms with van der Waals surface area (Å²) < 4.78 is 0. The first kappa shape index (κ1) is 14.5. The topological polar surface area (TPSA) is 29.3 Å². The number of rotatable bonds is 3. The zero-order valence-electron chi connectivity index (χ0n) is 12.9. The van der Waals surface area contributed by atoms with Crippen LogP contribution in [0.2, 0.25) is 0 Å². The number of hydrogen-bond donors (Lipinski definition) is 1. The lowest BCUT2D eigenvalue weighted by Gasteiger charge is -2.37. The summed E-state index contributed by atoms with van der Waals surface area (Å²) in [6, 6.07) is 5.05. The van der Waals surface area contributed by atoms with Crippen molar-refractivity contribution in [2.24, 2.45) is 11.7 Å². The highest BCUT2D eigenvalue weighted by molar-refractivity contribution is 5.38. The number of piperidine rings is 1. The van der Waals surface area contributed by atoms with Gasteiger partial charge in [0.05, 0.1) is 0 Å². The summed E-state index contributed by atoms with van der Waals surface area (Å²) in [6.07, 6.45) is 2.61. The van der Waals surface area contributed by atoms with Crippen LogP contribution in [0.5, 0.6) is 0 Å². The van der Waals surface area contributed by atoms with Crippen LogP contribution in [-0.4, -0.2) is 24.5 Å². The molecule has 1 aromatic rings. The predicted octanol–water partition coefficient (Wildman–Crippen LogP) is 3.34. The Morgan fingerprint density at radius 2 is 1.68 bits per heavy atom. The predicted molar refractivity (Wildman–Crippen MR) is 82.4 cm³/mol. The van der Waals surface area contributed by atoms with Crippen molar-refractivity contribution in [2.45, 2.75) is 46.6 Å². The average molecular weight is 260 g/mol. The second-order valence-electron chi connectivity index (χ2n) is 6.26. The molecule has 2 heteroatoms. The summed E-state index contributed by atoms with van der Waals surface area (Å²) in [6.45, 7) is 12.1. The second-order valence-corrected chi connectivity index (χ2v) is 6.26. The van der Waals surface area contributed by atoms with E-state index in [-0.39, 0.29) is 0 Å². The van der Waals surface area contributed by atoms with E-state index >= 15 is 0 Å². The van der Waals surface area contributed by atoms with Crippen molar-refractivity contribution < 1.29 is 0 Å². The molecule has 1 atom stereocenters. The standard InChI is InChI=1S/C17H28N2/c1-12-5-7-19(8-6-12)17(11-18)16-10-14(3)13(2)9-15(16)4/h9-10,12,17H,5-8,11,18H2,1-4H3. The van der Waals surface area contributed by atoms with E-state index in [4.69, 9.17) is 5.73 Å². The minimum absolute atomic E-state index is 0.395. The summed E-state index contributed by atoms with van der Waals surface area (Å²) in [4.78, 5) is 2.58. The van der Waals surface area contributed by atoms with Gasteiger partial charge in [0.25, 0.3) is 0 Å². The van der Waals surface area contributed by atoms with Gasteiger partial charge in [-0.2, -0.15) is 0 Å². The Morgan fingerprint density at radius 3 is 2.26 bits per heavy atom. The fourth-order valence-electron chi connectivity index (χ4n) is 3.15. The maximum Gasteiger partial charge on any atom is 0.0473 e. The Hall–Kier alpha value is -0.860. The van der Waals surface area contributed by atoms with Crippen LogP contribution in [0.1, 0.15) is 48.1 Å². The maximum absolute atomic E-state index is 6.09. The van der Waals surface area contributed by atoms with Crippen molar-refractivity contribution in [3.05, 3.63) is 34.4 Å². The first-order chi connectivity index (χ1) is 9.02. The Bertz CT molecular complexity index is 431. The number of benzene rings is 1. The van der Waals surface area contributed by atoms with E-state index in [0.29, 0.717) is 6.04 Å². The molecule has 1 aliphatic rings. The Balaban J connectivity index is 2.24. The van der Waals surface area contributed by atoms with Crippen LogP contribution in [0.4, 0.5) is 0 Å². The molecule has 19 heavy (non-hydrogen) atoms. The Labute approximate surface area is 118 Å². The van der Waals surface area contributed by atoms with Crippen molar-refractivity contribution in [1.29, 1.82) is 0 Å². The van der Waals surface area contributed by atoms with Crippen molar-refractivity contribution in [3.63, 3.8) is 0 Å². The molecule has 2 N–H and O–H groups in total. The van der Waals surface area contributed by atoms with Crippen LogP contribution >= 0.6 is 0 Å². The zero-order valence-corrected chi connectivity index (χ0v) is 12.9. The largest absolute Gasteiger partial charge is 0.329 e. The number of likely N-dealkylation sites (tertiary alicyclic amines) is 1. The van der Waals surface area contributed by atoms with E-state index < -0.39 is 0 Å². The number of hydrogen-bond acceptors (Lipinski definition) is 2. The van der Waals surface area contributed by atoms with Crippen LogP contribution in [0, 0.1) is 26.7 Å². The molecule has 2 rings (SSSR count). The highest BCUT2D eigenvalue weighted by atomic mass is 15.2. The fraction of sp³-hybridized carbons (Fsp3) is 0.647. The van der Waals surface area contributed by atoms with Crippen molar-refractivity contribution in [2.75, 3.05) is 19.6 Å². The highest BCUT2D eigenvalue weighted by Crippen LogP contribution is 2.29. The maximum atomic E-state index is 6.09. The van der Waals surface area contributed by atoms with Crippen molar-refractivity contribution in [3.8, 4) is 0 Å². The summed E-state index contributed by atoms with van der Waals surface area (Å²) >= 11 is 0. The van der Waals surface area contributed by atoms with Gasteiger partial charge in [-0.25, -0.2) is 0 Å². The molecule has 1 saturated heterocycles. The van der Waals surface area contributed by atoms with Gasteiger partial charge in [0, 0.05) is 12.6 Å². The van der Waals surface area contributed by atoms with Crippen LogP contribution in [0.25, 0.3) is 0 Å². The van der Waals surface area contributed by atoms with Crippen LogP contribution in [-0.2, 0) is 0 Å². The number of nitrogens with two attached hydrogens (primary N) is 1. The molecule has 1 aliphatic heterocycles. The van der Waals surface area contributed by atoms with Gasteiger partial charge < -0.3 is 5.73 Å². The van der Waals surface area contributed by atoms with Crippen molar-refractivity contribution in [1.82, 2.24) is 4.90 Å². The third-order valence-corrected chi connectivity index (χ3v) is 4.72. The highest BCUT2D eigenvalue weighted by Gasteiger charge is 2.24. The molecule has 1 heterocycles. The first-order valence-corrected chi connectivity index (χ1v) is 7.54. The molecule has 1 aromatic carbocycles. The first-order valence-electron chi connectivity index (χ1n) is 7.54. The molecule has 0 bridgehead atoms. The minimum Gasteiger partial charge on any atom is -0.329 e.